The molecular formula is C15H16Cl2N2S. The third kappa shape index (κ3) is 4.38. The fraction of sp³-hybridized carbons (Fsp3) is 0.267. The lowest BCUT2D eigenvalue weighted by atomic mass is 10.2. The molecule has 106 valence electrons. The van der Waals surface area contributed by atoms with Crippen LogP contribution in [0, 0.1) is 0 Å². The minimum absolute atomic E-state index is 0.454. The number of aromatic nitrogens is 1. The number of nitrogens with one attached hydrogen (secondary N) is 1. The van der Waals surface area contributed by atoms with E-state index in [4.69, 9.17) is 23.2 Å². The average Bonchev–Trinajstić information content (AvgIpc) is 2.41. The van der Waals surface area contributed by atoms with Gasteiger partial charge in [-0.1, -0.05) is 54.9 Å². The van der Waals surface area contributed by atoms with E-state index in [0.29, 0.717) is 11.1 Å². The topological polar surface area (TPSA) is 24.9 Å². The molecule has 0 amide bonds. The molecule has 2 rings (SSSR count). The second-order valence-electron chi connectivity index (χ2n) is 4.69. The highest BCUT2D eigenvalue weighted by atomic mass is 35.5. The standard InChI is InChI=1S/C15H16Cl2N2S/c1-10(2)19-9-11-5-6-14(13(17)8-11)20-15-12(16)4-3-7-18-15/h3-8,10,19H,9H2,1-2H3. The quantitative estimate of drug-likeness (QED) is 0.833. The molecular weight excluding hydrogens is 311 g/mol. The van der Waals surface area contributed by atoms with Gasteiger partial charge in [-0.05, 0) is 29.8 Å². The van der Waals surface area contributed by atoms with Crippen molar-refractivity contribution < 1.29 is 0 Å². The number of rotatable bonds is 5. The van der Waals surface area contributed by atoms with Gasteiger partial charge in [-0.2, -0.15) is 0 Å². The highest BCUT2D eigenvalue weighted by Gasteiger charge is 2.08. The van der Waals surface area contributed by atoms with Crippen LogP contribution in [-0.4, -0.2) is 11.0 Å². The number of pyridine rings is 1. The Labute approximate surface area is 133 Å². The molecule has 0 unspecified atom stereocenters. The lowest BCUT2D eigenvalue weighted by Gasteiger charge is -2.10. The molecule has 20 heavy (non-hydrogen) atoms. The van der Waals surface area contributed by atoms with Crippen molar-refractivity contribution in [2.45, 2.75) is 36.4 Å². The Balaban J connectivity index is 2.12. The smallest absolute Gasteiger partial charge is 0.119 e. The maximum Gasteiger partial charge on any atom is 0.119 e. The van der Waals surface area contributed by atoms with E-state index in [1.54, 1.807) is 6.20 Å². The molecule has 5 heteroatoms. The molecule has 2 nitrogen and oxygen atoms in total. The molecule has 0 fully saturated rings. The Morgan fingerprint density at radius 3 is 2.65 bits per heavy atom. The molecule has 1 aromatic heterocycles. The van der Waals surface area contributed by atoms with E-state index in [9.17, 15) is 0 Å². The minimum Gasteiger partial charge on any atom is -0.310 e. The van der Waals surface area contributed by atoms with E-state index in [0.717, 1.165) is 21.5 Å². The lowest BCUT2D eigenvalue weighted by molar-refractivity contribution is 0.589. The average molecular weight is 327 g/mol. The number of halogens is 2. The zero-order valence-electron chi connectivity index (χ0n) is 11.4. The van der Waals surface area contributed by atoms with Crippen LogP contribution in [0.5, 0.6) is 0 Å². The highest BCUT2D eigenvalue weighted by molar-refractivity contribution is 7.99. The van der Waals surface area contributed by atoms with Gasteiger partial charge in [-0.15, -0.1) is 0 Å². The molecule has 0 bridgehead atoms. The lowest BCUT2D eigenvalue weighted by Crippen LogP contribution is -2.21. The van der Waals surface area contributed by atoms with Crippen molar-refractivity contribution in [1.82, 2.24) is 10.3 Å². The summed E-state index contributed by atoms with van der Waals surface area (Å²) in [5, 5.41) is 5.50. The van der Waals surface area contributed by atoms with Crippen LogP contribution in [0.2, 0.25) is 10.0 Å². The molecule has 0 aliphatic heterocycles. The first kappa shape index (κ1) is 15.6. The molecule has 0 aliphatic carbocycles. The fourth-order valence-corrected chi connectivity index (χ4v) is 2.95. The summed E-state index contributed by atoms with van der Waals surface area (Å²) in [5.74, 6) is 0. The van der Waals surface area contributed by atoms with Crippen LogP contribution >= 0.6 is 35.0 Å². The Kier molecular flexibility index (Phi) is 5.73. The molecule has 0 aliphatic rings. The first-order valence-electron chi connectivity index (χ1n) is 6.36. The molecule has 1 heterocycles. The molecule has 0 saturated heterocycles. The van der Waals surface area contributed by atoms with E-state index in [-0.39, 0.29) is 0 Å². The summed E-state index contributed by atoms with van der Waals surface area (Å²) >= 11 is 13.9. The van der Waals surface area contributed by atoms with Gasteiger partial charge in [-0.25, -0.2) is 4.98 Å². The van der Waals surface area contributed by atoms with Gasteiger partial charge in [0.2, 0.25) is 0 Å². The molecule has 0 saturated carbocycles. The highest BCUT2D eigenvalue weighted by Crippen LogP contribution is 2.35. The van der Waals surface area contributed by atoms with Crippen molar-refractivity contribution in [3.05, 3.63) is 52.1 Å². The van der Waals surface area contributed by atoms with Crippen molar-refractivity contribution >= 4 is 35.0 Å². The summed E-state index contributed by atoms with van der Waals surface area (Å²) in [5.41, 5.74) is 1.17. The normalized spacial score (nSPS) is 11.1. The van der Waals surface area contributed by atoms with Gasteiger partial charge in [0.1, 0.15) is 5.03 Å². The number of nitrogens with zero attached hydrogens (tertiary/aromatic N) is 1. The first-order chi connectivity index (χ1) is 9.56. The van der Waals surface area contributed by atoms with Crippen molar-refractivity contribution in [3.63, 3.8) is 0 Å². The van der Waals surface area contributed by atoms with Gasteiger partial charge >= 0.3 is 0 Å². The van der Waals surface area contributed by atoms with Crippen LogP contribution in [0.3, 0.4) is 0 Å². The summed E-state index contributed by atoms with van der Waals surface area (Å²) in [6.07, 6.45) is 1.73. The van der Waals surface area contributed by atoms with E-state index >= 15 is 0 Å². The van der Waals surface area contributed by atoms with E-state index < -0.39 is 0 Å². The SMILES string of the molecule is CC(C)NCc1ccc(Sc2ncccc2Cl)c(Cl)c1. The van der Waals surface area contributed by atoms with Crippen LogP contribution in [0.4, 0.5) is 0 Å². The Bertz CT molecular complexity index is 588. The van der Waals surface area contributed by atoms with Gasteiger partial charge < -0.3 is 5.32 Å². The van der Waals surface area contributed by atoms with Crippen LogP contribution in [0.1, 0.15) is 19.4 Å². The summed E-state index contributed by atoms with van der Waals surface area (Å²) in [4.78, 5) is 5.22. The Morgan fingerprint density at radius 1 is 1.20 bits per heavy atom. The second kappa shape index (κ2) is 7.32. The predicted molar refractivity (Wildman–Crippen MR) is 86.8 cm³/mol. The van der Waals surface area contributed by atoms with Gasteiger partial charge in [0.15, 0.2) is 0 Å². The molecule has 1 N–H and O–H groups in total. The van der Waals surface area contributed by atoms with E-state index in [2.05, 4.69) is 30.2 Å². The van der Waals surface area contributed by atoms with E-state index in [1.165, 1.54) is 17.3 Å². The van der Waals surface area contributed by atoms with Crippen molar-refractivity contribution in [1.29, 1.82) is 0 Å². The predicted octanol–water partition coefficient (Wildman–Crippen LogP) is 5.04. The van der Waals surface area contributed by atoms with Crippen molar-refractivity contribution in [2.24, 2.45) is 0 Å². The van der Waals surface area contributed by atoms with Crippen LogP contribution in [0.25, 0.3) is 0 Å². The summed E-state index contributed by atoms with van der Waals surface area (Å²) in [6.45, 7) is 5.05. The Hall–Kier alpha value is -0.740. The molecule has 0 spiro atoms. The summed E-state index contributed by atoms with van der Waals surface area (Å²) < 4.78 is 0. The van der Waals surface area contributed by atoms with Crippen LogP contribution in [0.15, 0.2) is 46.5 Å². The molecule has 1 aromatic carbocycles. The van der Waals surface area contributed by atoms with Crippen LogP contribution < -0.4 is 5.32 Å². The molecule has 0 radical (unpaired) electrons. The van der Waals surface area contributed by atoms with E-state index in [1.807, 2.05) is 24.3 Å². The maximum atomic E-state index is 6.33. The van der Waals surface area contributed by atoms with Crippen LogP contribution in [-0.2, 0) is 6.54 Å². The fourth-order valence-electron chi connectivity index (χ4n) is 1.61. The van der Waals surface area contributed by atoms with Crippen molar-refractivity contribution in [2.75, 3.05) is 0 Å². The van der Waals surface area contributed by atoms with Gasteiger partial charge in [0.25, 0.3) is 0 Å². The maximum absolute atomic E-state index is 6.33. The third-order valence-corrected chi connectivity index (χ3v) is 4.58. The molecule has 0 atom stereocenters. The first-order valence-corrected chi connectivity index (χ1v) is 7.93. The zero-order valence-corrected chi connectivity index (χ0v) is 13.7. The Morgan fingerprint density at radius 2 is 2.00 bits per heavy atom. The molecule has 2 aromatic rings. The van der Waals surface area contributed by atoms with Gasteiger partial charge in [-0.3, -0.25) is 0 Å². The monoisotopic (exact) mass is 326 g/mol. The zero-order chi connectivity index (χ0) is 14.5. The number of hydrogen-bond acceptors (Lipinski definition) is 3. The number of benzene rings is 1. The number of hydrogen-bond donors (Lipinski definition) is 1. The van der Waals surface area contributed by atoms with Crippen molar-refractivity contribution in [3.8, 4) is 0 Å². The van der Waals surface area contributed by atoms with Gasteiger partial charge in [0, 0.05) is 23.7 Å². The second-order valence-corrected chi connectivity index (χ2v) is 6.54. The largest absolute Gasteiger partial charge is 0.310 e. The third-order valence-electron chi connectivity index (χ3n) is 2.64. The summed E-state index contributed by atoms with van der Waals surface area (Å²) in [6, 6.07) is 10.2. The summed E-state index contributed by atoms with van der Waals surface area (Å²) in [7, 11) is 0. The van der Waals surface area contributed by atoms with Gasteiger partial charge in [0.05, 0.1) is 10.0 Å². The minimum atomic E-state index is 0.454.